The summed E-state index contributed by atoms with van der Waals surface area (Å²) < 4.78 is 5.64. The Morgan fingerprint density at radius 3 is 2.42 bits per heavy atom. The zero-order valence-electron chi connectivity index (χ0n) is 12.5. The molecule has 1 N–H and O–H groups in total. The van der Waals surface area contributed by atoms with Crippen LogP contribution in [0.25, 0.3) is 0 Å². The van der Waals surface area contributed by atoms with Crippen molar-refractivity contribution in [3.05, 3.63) is 12.0 Å². The summed E-state index contributed by atoms with van der Waals surface area (Å²) in [6.07, 6.45) is 8.31. The van der Waals surface area contributed by atoms with Gasteiger partial charge in [-0.15, -0.1) is 0 Å². The van der Waals surface area contributed by atoms with Gasteiger partial charge in [-0.1, -0.05) is 19.3 Å². The van der Waals surface area contributed by atoms with Crippen molar-refractivity contribution in [3.8, 4) is 0 Å². The summed E-state index contributed by atoms with van der Waals surface area (Å²) in [6.45, 7) is 9.39. The third kappa shape index (κ3) is 4.86. The van der Waals surface area contributed by atoms with E-state index in [2.05, 4.69) is 36.0 Å². The van der Waals surface area contributed by atoms with Gasteiger partial charge in [-0.2, -0.15) is 4.98 Å². The molecule has 1 aromatic rings. The average Bonchev–Trinajstić information content (AvgIpc) is 2.73. The van der Waals surface area contributed by atoms with Gasteiger partial charge in [-0.3, -0.25) is 0 Å². The number of rotatable bonds is 3. The SMILES string of the molecule is CC(C)(C)NCc1coc(N2CCCCCCC2)n1. The van der Waals surface area contributed by atoms with Crippen LogP contribution in [0.1, 0.15) is 58.6 Å². The van der Waals surface area contributed by atoms with E-state index in [1.807, 2.05) is 0 Å². The Balaban J connectivity index is 1.91. The summed E-state index contributed by atoms with van der Waals surface area (Å²) in [4.78, 5) is 6.90. The number of nitrogens with zero attached hydrogens (tertiary/aromatic N) is 2. The quantitative estimate of drug-likeness (QED) is 0.910. The Hall–Kier alpha value is -1.03. The van der Waals surface area contributed by atoms with E-state index in [1.54, 1.807) is 6.26 Å². The molecule has 0 saturated carbocycles. The largest absolute Gasteiger partial charge is 0.432 e. The monoisotopic (exact) mass is 265 g/mol. The minimum atomic E-state index is 0.111. The van der Waals surface area contributed by atoms with Crippen LogP contribution in [0.5, 0.6) is 0 Å². The molecule has 108 valence electrons. The molecule has 0 aromatic carbocycles. The minimum absolute atomic E-state index is 0.111. The molecule has 19 heavy (non-hydrogen) atoms. The van der Waals surface area contributed by atoms with Crippen LogP contribution < -0.4 is 10.2 Å². The highest BCUT2D eigenvalue weighted by atomic mass is 16.4. The molecule has 2 rings (SSSR count). The Bertz CT molecular complexity index is 373. The van der Waals surface area contributed by atoms with Gasteiger partial charge in [-0.05, 0) is 33.6 Å². The lowest BCUT2D eigenvalue weighted by atomic mass is 10.1. The molecule has 1 saturated heterocycles. The third-order valence-electron chi connectivity index (χ3n) is 3.47. The van der Waals surface area contributed by atoms with Crippen LogP contribution in [0.2, 0.25) is 0 Å². The molecule has 0 atom stereocenters. The predicted molar refractivity (Wildman–Crippen MR) is 78.4 cm³/mol. The molecule has 1 aliphatic rings. The lowest BCUT2D eigenvalue weighted by Crippen LogP contribution is -2.35. The fraction of sp³-hybridized carbons (Fsp3) is 0.800. The van der Waals surface area contributed by atoms with Crippen LogP contribution >= 0.6 is 0 Å². The molecule has 0 radical (unpaired) electrons. The van der Waals surface area contributed by atoms with Gasteiger partial charge in [0.25, 0.3) is 6.01 Å². The maximum Gasteiger partial charge on any atom is 0.297 e. The summed E-state index contributed by atoms with van der Waals surface area (Å²) in [7, 11) is 0. The second-order valence-corrected chi connectivity index (χ2v) is 6.48. The van der Waals surface area contributed by atoms with Gasteiger partial charge in [0.2, 0.25) is 0 Å². The third-order valence-corrected chi connectivity index (χ3v) is 3.47. The molecular formula is C15H27N3O. The van der Waals surface area contributed by atoms with Crippen LogP contribution in [0, 0.1) is 0 Å². The zero-order valence-corrected chi connectivity index (χ0v) is 12.5. The molecule has 0 bridgehead atoms. The maximum atomic E-state index is 5.64. The van der Waals surface area contributed by atoms with Gasteiger partial charge in [0.05, 0.1) is 5.69 Å². The first-order valence-electron chi connectivity index (χ1n) is 7.49. The summed E-state index contributed by atoms with van der Waals surface area (Å²) in [5, 5.41) is 3.44. The van der Waals surface area contributed by atoms with E-state index in [9.17, 15) is 0 Å². The van der Waals surface area contributed by atoms with Gasteiger partial charge >= 0.3 is 0 Å². The van der Waals surface area contributed by atoms with Gasteiger partial charge in [0, 0.05) is 25.2 Å². The Labute approximate surface area is 116 Å². The van der Waals surface area contributed by atoms with Gasteiger partial charge in [0.15, 0.2) is 0 Å². The van der Waals surface area contributed by atoms with E-state index in [4.69, 9.17) is 4.42 Å². The van der Waals surface area contributed by atoms with E-state index < -0.39 is 0 Å². The number of aromatic nitrogens is 1. The molecular weight excluding hydrogens is 238 g/mol. The molecule has 0 unspecified atom stereocenters. The minimum Gasteiger partial charge on any atom is -0.432 e. The Kier molecular flexibility index (Phi) is 4.86. The highest BCUT2D eigenvalue weighted by Crippen LogP contribution is 2.18. The second-order valence-electron chi connectivity index (χ2n) is 6.48. The van der Waals surface area contributed by atoms with E-state index in [0.717, 1.165) is 31.3 Å². The van der Waals surface area contributed by atoms with E-state index in [1.165, 1.54) is 32.1 Å². The lowest BCUT2D eigenvalue weighted by molar-refractivity contribution is 0.421. The average molecular weight is 265 g/mol. The van der Waals surface area contributed by atoms with Crippen molar-refractivity contribution < 1.29 is 4.42 Å². The van der Waals surface area contributed by atoms with Crippen LogP contribution in [0.4, 0.5) is 6.01 Å². The van der Waals surface area contributed by atoms with Crippen molar-refractivity contribution >= 4 is 6.01 Å². The fourth-order valence-electron chi connectivity index (χ4n) is 2.32. The molecule has 4 nitrogen and oxygen atoms in total. The second kappa shape index (κ2) is 6.42. The Morgan fingerprint density at radius 1 is 1.16 bits per heavy atom. The lowest BCUT2D eigenvalue weighted by Gasteiger charge is -2.22. The molecule has 0 aliphatic carbocycles. The molecule has 2 heterocycles. The van der Waals surface area contributed by atoms with Crippen LogP contribution in [-0.2, 0) is 6.54 Å². The van der Waals surface area contributed by atoms with Crippen molar-refractivity contribution in [3.63, 3.8) is 0 Å². The molecule has 0 amide bonds. The van der Waals surface area contributed by atoms with Crippen molar-refractivity contribution in [2.45, 2.75) is 65.0 Å². The van der Waals surface area contributed by atoms with Crippen LogP contribution in [0.3, 0.4) is 0 Å². The first-order chi connectivity index (χ1) is 9.04. The van der Waals surface area contributed by atoms with Crippen molar-refractivity contribution in [2.24, 2.45) is 0 Å². The topological polar surface area (TPSA) is 41.3 Å². The number of hydrogen-bond acceptors (Lipinski definition) is 4. The predicted octanol–water partition coefficient (Wildman–Crippen LogP) is 3.33. The summed E-state index contributed by atoms with van der Waals surface area (Å²) >= 11 is 0. The normalized spacial score (nSPS) is 18.2. The molecule has 1 aromatic heterocycles. The van der Waals surface area contributed by atoms with E-state index in [-0.39, 0.29) is 5.54 Å². The zero-order chi connectivity index (χ0) is 13.7. The number of nitrogens with one attached hydrogen (secondary N) is 1. The smallest absolute Gasteiger partial charge is 0.297 e. The van der Waals surface area contributed by atoms with Gasteiger partial charge < -0.3 is 14.6 Å². The first-order valence-corrected chi connectivity index (χ1v) is 7.49. The highest BCUT2D eigenvalue weighted by Gasteiger charge is 2.15. The van der Waals surface area contributed by atoms with Gasteiger partial charge in [0.1, 0.15) is 6.26 Å². The summed E-state index contributed by atoms with van der Waals surface area (Å²) in [5.74, 6) is 0. The summed E-state index contributed by atoms with van der Waals surface area (Å²) in [6, 6.07) is 0.799. The van der Waals surface area contributed by atoms with Crippen LogP contribution in [0.15, 0.2) is 10.7 Å². The standard InChI is InChI=1S/C15H27N3O/c1-15(2,3)16-11-13-12-19-14(17-13)18-9-7-5-4-6-8-10-18/h12,16H,4-11H2,1-3H3. The molecule has 0 spiro atoms. The fourth-order valence-corrected chi connectivity index (χ4v) is 2.32. The summed E-state index contributed by atoms with van der Waals surface area (Å²) in [5.41, 5.74) is 1.10. The Morgan fingerprint density at radius 2 is 1.79 bits per heavy atom. The van der Waals surface area contributed by atoms with Crippen molar-refractivity contribution in [2.75, 3.05) is 18.0 Å². The van der Waals surface area contributed by atoms with Gasteiger partial charge in [-0.25, -0.2) is 0 Å². The van der Waals surface area contributed by atoms with Crippen molar-refractivity contribution in [1.82, 2.24) is 10.3 Å². The number of anilines is 1. The first kappa shape index (κ1) is 14.4. The van der Waals surface area contributed by atoms with Crippen molar-refractivity contribution in [1.29, 1.82) is 0 Å². The molecule has 4 heteroatoms. The maximum absolute atomic E-state index is 5.64. The van der Waals surface area contributed by atoms with E-state index >= 15 is 0 Å². The molecule has 1 fully saturated rings. The molecule has 1 aliphatic heterocycles. The van der Waals surface area contributed by atoms with Crippen LogP contribution in [-0.4, -0.2) is 23.6 Å². The highest BCUT2D eigenvalue weighted by molar-refractivity contribution is 5.26. The number of oxazole rings is 1. The van der Waals surface area contributed by atoms with E-state index in [0.29, 0.717) is 0 Å². The number of hydrogen-bond donors (Lipinski definition) is 1.